The Balaban J connectivity index is 1.24. The molecule has 10 rings (SSSR count). The Kier molecular flexibility index (Phi) is 7.37. The van der Waals surface area contributed by atoms with Crippen LogP contribution in [0.4, 0.5) is 17.1 Å². The Morgan fingerprint density at radius 3 is 1.85 bits per heavy atom. The molecule has 0 fully saturated rings. The van der Waals surface area contributed by atoms with E-state index in [0.717, 1.165) is 33.1 Å². The second-order valence-corrected chi connectivity index (χ2v) is 14.2. The second-order valence-electron chi connectivity index (χ2n) is 13.2. The van der Waals surface area contributed by atoms with Crippen molar-refractivity contribution in [2.24, 2.45) is 0 Å². The molecule has 0 unspecified atom stereocenters. The zero-order valence-corrected chi connectivity index (χ0v) is 29.1. The second kappa shape index (κ2) is 12.6. The first-order valence-electron chi connectivity index (χ1n) is 17.6. The van der Waals surface area contributed by atoms with Crippen LogP contribution in [0.1, 0.15) is 0 Å². The van der Waals surface area contributed by atoms with E-state index in [1.165, 1.54) is 59.3 Å². The van der Waals surface area contributed by atoms with Crippen molar-refractivity contribution in [1.29, 1.82) is 0 Å². The standard InChI is InChI=1S/C49H32N2S/c1-4-13-33(14-5-1)34-23-25-36(26-24-34)43-31-38-27-28-40(51(39-19-8-3-9-20-39)46-22-12-18-35-15-10-11-21-41(35)46)32-44(38)47-42(43)29-30-45-48(47)52-49(50-45)37-16-6-2-7-17-37/h1-32H. The molecule has 244 valence electrons. The number of benzene rings is 9. The van der Waals surface area contributed by atoms with E-state index < -0.39 is 0 Å². The zero-order chi connectivity index (χ0) is 34.4. The summed E-state index contributed by atoms with van der Waals surface area (Å²) < 4.78 is 1.21. The topological polar surface area (TPSA) is 16.1 Å². The number of rotatable bonds is 6. The normalized spacial score (nSPS) is 11.5. The number of hydrogen-bond acceptors (Lipinski definition) is 3. The fourth-order valence-corrected chi connectivity index (χ4v) is 8.70. The van der Waals surface area contributed by atoms with Crippen LogP contribution in [-0.4, -0.2) is 4.98 Å². The Morgan fingerprint density at radius 1 is 0.404 bits per heavy atom. The molecule has 0 aliphatic heterocycles. The van der Waals surface area contributed by atoms with Gasteiger partial charge < -0.3 is 4.90 Å². The molecule has 0 N–H and O–H groups in total. The number of thiazole rings is 1. The molecule has 0 saturated carbocycles. The van der Waals surface area contributed by atoms with Crippen LogP contribution in [0, 0.1) is 0 Å². The monoisotopic (exact) mass is 680 g/mol. The third-order valence-electron chi connectivity index (χ3n) is 10.1. The molecule has 1 heterocycles. The predicted molar refractivity (Wildman–Crippen MR) is 223 cm³/mol. The third kappa shape index (κ3) is 5.22. The lowest BCUT2D eigenvalue weighted by molar-refractivity contribution is 1.30. The fourth-order valence-electron chi connectivity index (χ4n) is 7.57. The summed E-state index contributed by atoms with van der Waals surface area (Å²) in [5.41, 5.74) is 10.4. The van der Waals surface area contributed by atoms with Gasteiger partial charge in [-0.25, -0.2) is 4.98 Å². The summed E-state index contributed by atoms with van der Waals surface area (Å²) in [4.78, 5) is 7.58. The van der Waals surface area contributed by atoms with Crippen molar-refractivity contribution in [2.45, 2.75) is 0 Å². The Bertz CT molecular complexity index is 2870. The highest BCUT2D eigenvalue weighted by Gasteiger charge is 2.19. The zero-order valence-electron chi connectivity index (χ0n) is 28.3. The summed E-state index contributed by atoms with van der Waals surface area (Å²) >= 11 is 1.78. The Hall–Kier alpha value is -6.55. The van der Waals surface area contributed by atoms with Crippen molar-refractivity contribution in [2.75, 3.05) is 4.90 Å². The van der Waals surface area contributed by atoms with Gasteiger partial charge in [0.15, 0.2) is 0 Å². The van der Waals surface area contributed by atoms with Crippen molar-refractivity contribution in [3.63, 3.8) is 0 Å². The van der Waals surface area contributed by atoms with E-state index in [-0.39, 0.29) is 0 Å². The highest BCUT2D eigenvalue weighted by Crippen LogP contribution is 2.45. The molecule has 0 amide bonds. The first-order chi connectivity index (χ1) is 25.8. The summed E-state index contributed by atoms with van der Waals surface area (Å²) in [6.07, 6.45) is 0. The molecule has 0 aliphatic carbocycles. The van der Waals surface area contributed by atoms with E-state index >= 15 is 0 Å². The number of para-hydroxylation sites is 1. The largest absolute Gasteiger partial charge is 0.310 e. The summed E-state index contributed by atoms with van der Waals surface area (Å²) in [5, 5.41) is 8.35. The van der Waals surface area contributed by atoms with E-state index in [4.69, 9.17) is 4.98 Å². The lowest BCUT2D eigenvalue weighted by Crippen LogP contribution is -2.10. The third-order valence-corrected chi connectivity index (χ3v) is 11.2. The summed E-state index contributed by atoms with van der Waals surface area (Å²) in [6, 6.07) is 69.9. The van der Waals surface area contributed by atoms with Crippen molar-refractivity contribution < 1.29 is 0 Å². The fraction of sp³-hybridized carbons (Fsp3) is 0. The minimum atomic E-state index is 1.02. The SMILES string of the molecule is c1ccc(-c2ccc(-c3cc4ccc(N(c5ccccc5)c5cccc6ccccc56)cc4c4c3ccc3nc(-c5ccccc5)sc34)cc2)cc1. The van der Waals surface area contributed by atoms with Gasteiger partial charge in [0.2, 0.25) is 0 Å². The molecule has 0 radical (unpaired) electrons. The highest BCUT2D eigenvalue weighted by atomic mass is 32.1. The van der Waals surface area contributed by atoms with E-state index in [0.29, 0.717) is 0 Å². The minimum absolute atomic E-state index is 1.02. The number of fused-ring (bicyclic) bond motifs is 6. The Labute approximate surface area is 306 Å². The summed E-state index contributed by atoms with van der Waals surface area (Å²) in [5.74, 6) is 0. The molecular weight excluding hydrogens is 649 g/mol. The molecule has 1 aromatic heterocycles. The van der Waals surface area contributed by atoms with Crippen molar-refractivity contribution >= 4 is 70.9 Å². The molecule has 10 aromatic rings. The average molecular weight is 681 g/mol. The van der Waals surface area contributed by atoms with Gasteiger partial charge in [0, 0.05) is 27.7 Å². The van der Waals surface area contributed by atoms with Crippen LogP contribution in [0.2, 0.25) is 0 Å². The van der Waals surface area contributed by atoms with Gasteiger partial charge in [-0.2, -0.15) is 0 Å². The van der Waals surface area contributed by atoms with E-state index in [2.05, 4.69) is 199 Å². The van der Waals surface area contributed by atoms with Gasteiger partial charge in [-0.05, 0) is 86.3 Å². The molecule has 52 heavy (non-hydrogen) atoms. The van der Waals surface area contributed by atoms with Gasteiger partial charge in [0.05, 0.1) is 15.9 Å². The average Bonchev–Trinajstić information content (AvgIpc) is 3.67. The summed E-state index contributed by atoms with van der Waals surface area (Å²) in [7, 11) is 0. The lowest BCUT2D eigenvalue weighted by Gasteiger charge is -2.27. The first kappa shape index (κ1) is 30.3. The maximum Gasteiger partial charge on any atom is 0.124 e. The van der Waals surface area contributed by atoms with E-state index in [1.807, 2.05) is 0 Å². The van der Waals surface area contributed by atoms with Gasteiger partial charge in [0.25, 0.3) is 0 Å². The maximum atomic E-state index is 5.18. The molecule has 0 spiro atoms. The van der Waals surface area contributed by atoms with Gasteiger partial charge in [-0.15, -0.1) is 11.3 Å². The van der Waals surface area contributed by atoms with Crippen LogP contribution < -0.4 is 4.90 Å². The van der Waals surface area contributed by atoms with Crippen LogP contribution in [-0.2, 0) is 0 Å². The first-order valence-corrected chi connectivity index (χ1v) is 18.4. The molecule has 9 aromatic carbocycles. The van der Waals surface area contributed by atoms with Crippen molar-refractivity contribution in [1.82, 2.24) is 4.98 Å². The van der Waals surface area contributed by atoms with E-state index in [1.54, 1.807) is 11.3 Å². The summed E-state index contributed by atoms with van der Waals surface area (Å²) in [6.45, 7) is 0. The smallest absolute Gasteiger partial charge is 0.124 e. The quantitative estimate of drug-likeness (QED) is 0.163. The van der Waals surface area contributed by atoms with Crippen molar-refractivity contribution in [3.8, 4) is 32.8 Å². The Morgan fingerprint density at radius 2 is 1.06 bits per heavy atom. The number of anilines is 3. The van der Waals surface area contributed by atoms with Crippen LogP contribution >= 0.6 is 11.3 Å². The van der Waals surface area contributed by atoms with Crippen molar-refractivity contribution in [3.05, 3.63) is 194 Å². The number of aromatic nitrogens is 1. The van der Waals surface area contributed by atoms with Gasteiger partial charge in [-0.3, -0.25) is 0 Å². The van der Waals surface area contributed by atoms with Gasteiger partial charge in [-0.1, -0.05) is 152 Å². The lowest BCUT2D eigenvalue weighted by atomic mass is 9.91. The molecule has 0 aliphatic rings. The predicted octanol–water partition coefficient (Wildman–Crippen LogP) is 14.2. The number of hydrogen-bond donors (Lipinski definition) is 0. The molecule has 3 heteroatoms. The molecular formula is C49H32N2S. The molecule has 0 saturated heterocycles. The van der Waals surface area contributed by atoms with Gasteiger partial charge >= 0.3 is 0 Å². The molecule has 0 atom stereocenters. The van der Waals surface area contributed by atoms with Crippen LogP contribution in [0.15, 0.2) is 194 Å². The maximum absolute atomic E-state index is 5.18. The van der Waals surface area contributed by atoms with Crippen LogP contribution in [0.5, 0.6) is 0 Å². The van der Waals surface area contributed by atoms with E-state index in [9.17, 15) is 0 Å². The van der Waals surface area contributed by atoms with Gasteiger partial charge in [0.1, 0.15) is 5.01 Å². The van der Waals surface area contributed by atoms with Crippen LogP contribution in [0.25, 0.3) is 75.4 Å². The van der Waals surface area contributed by atoms with Crippen LogP contribution in [0.3, 0.4) is 0 Å². The highest BCUT2D eigenvalue weighted by molar-refractivity contribution is 7.22. The number of nitrogens with zero attached hydrogens (tertiary/aromatic N) is 2. The molecule has 2 nitrogen and oxygen atoms in total. The molecule has 0 bridgehead atoms. The minimum Gasteiger partial charge on any atom is -0.310 e.